The summed E-state index contributed by atoms with van der Waals surface area (Å²) in [6.45, 7) is 12.9. The van der Waals surface area contributed by atoms with Crippen LogP contribution in [0.5, 0.6) is 0 Å². The van der Waals surface area contributed by atoms with Crippen LogP contribution in [-0.2, 0) is 0 Å². The number of rotatable bonds is 0. The Morgan fingerprint density at radius 1 is 1.13 bits per heavy atom. The van der Waals surface area contributed by atoms with Crippen LogP contribution in [0.2, 0.25) is 0 Å². The number of fused-ring (bicyclic) bond motifs is 1. The zero-order valence-corrected chi connectivity index (χ0v) is 12.3. The van der Waals surface area contributed by atoms with Crippen LogP contribution in [0.4, 0.5) is 0 Å². The summed E-state index contributed by atoms with van der Waals surface area (Å²) < 4.78 is 0. The van der Waals surface area contributed by atoms with Crippen molar-refractivity contribution in [1.29, 1.82) is 0 Å². The minimum atomic E-state index is -1.08. The van der Waals surface area contributed by atoms with E-state index >= 15 is 0 Å². The van der Waals surface area contributed by atoms with E-state index in [2.05, 4.69) is 34.6 Å². The molecule has 0 radical (unpaired) electrons. The third-order valence-corrected chi connectivity index (χ3v) is 14.4. The molecule has 0 amide bonds. The summed E-state index contributed by atoms with van der Waals surface area (Å²) in [5.74, 6) is 0. The first-order chi connectivity index (χ1) is 6.83. The summed E-state index contributed by atoms with van der Waals surface area (Å²) in [5, 5.41) is 1.40. The molecule has 2 atom stereocenters. The molecule has 2 heterocycles. The standard InChI is InChI=1S/C14H29P/c1-12-8-6-9-14(5)10-7-11-15(12,14)13(2,3)4/h12,15H,6-11H2,1-5H3. The van der Waals surface area contributed by atoms with E-state index in [-0.39, 0.29) is 0 Å². The molecule has 15 heavy (non-hydrogen) atoms. The molecule has 2 saturated heterocycles. The van der Waals surface area contributed by atoms with E-state index in [1.807, 2.05) is 0 Å². The normalized spacial score (nSPS) is 42.3. The Hall–Kier alpha value is 0.430. The van der Waals surface area contributed by atoms with Gasteiger partial charge in [0, 0.05) is 0 Å². The van der Waals surface area contributed by atoms with Gasteiger partial charge in [0.15, 0.2) is 0 Å². The summed E-state index contributed by atoms with van der Waals surface area (Å²) in [6, 6.07) is 0. The Balaban J connectivity index is 2.46. The average Bonchev–Trinajstić information content (AvgIpc) is 2.43. The van der Waals surface area contributed by atoms with E-state index in [4.69, 9.17) is 0 Å². The van der Waals surface area contributed by atoms with Crippen molar-refractivity contribution in [2.75, 3.05) is 6.16 Å². The maximum atomic E-state index is 2.65. The third-order valence-electron chi connectivity index (χ3n) is 5.92. The zero-order chi connectivity index (χ0) is 11.3. The summed E-state index contributed by atoms with van der Waals surface area (Å²) in [4.78, 5) is 0. The number of hydrogen-bond donors (Lipinski definition) is 0. The van der Waals surface area contributed by atoms with Crippen LogP contribution < -0.4 is 0 Å². The first kappa shape index (κ1) is 11.9. The SMILES string of the molecule is CC1CCCC2(C)CCC[PH]12C(C)(C)C. The molecule has 0 aromatic rings. The molecule has 0 spiro atoms. The van der Waals surface area contributed by atoms with Gasteiger partial charge in [0.05, 0.1) is 0 Å². The fourth-order valence-corrected chi connectivity index (χ4v) is 14.5. The third kappa shape index (κ3) is 1.43. The van der Waals surface area contributed by atoms with Crippen LogP contribution in [0.3, 0.4) is 0 Å². The fourth-order valence-electron chi connectivity index (χ4n) is 5.54. The summed E-state index contributed by atoms with van der Waals surface area (Å²) in [7, 11) is -1.08. The minimum absolute atomic E-state index is 0.623. The average molecular weight is 228 g/mol. The van der Waals surface area contributed by atoms with Gasteiger partial charge in [-0.2, -0.15) is 0 Å². The monoisotopic (exact) mass is 228 g/mol. The van der Waals surface area contributed by atoms with Gasteiger partial charge in [-0.3, -0.25) is 0 Å². The molecule has 2 rings (SSSR count). The van der Waals surface area contributed by atoms with Gasteiger partial charge >= 0.3 is 96.1 Å². The molecular weight excluding hydrogens is 199 g/mol. The Morgan fingerprint density at radius 2 is 1.73 bits per heavy atom. The summed E-state index contributed by atoms with van der Waals surface area (Å²) in [6.07, 6.45) is 9.27. The molecule has 2 unspecified atom stereocenters. The summed E-state index contributed by atoms with van der Waals surface area (Å²) >= 11 is 0. The zero-order valence-electron chi connectivity index (χ0n) is 11.3. The van der Waals surface area contributed by atoms with Crippen LogP contribution >= 0.6 is 7.26 Å². The van der Waals surface area contributed by atoms with E-state index in [9.17, 15) is 0 Å². The van der Waals surface area contributed by atoms with Crippen LogP contribution in [-0.4, -0.2) is 22.1 Å². The van der Waals surface area contributed by atoms with E-state index in [0.717, 1.165) is 10.8 Å². The summed E-state index contributed by atoms with van der Waals surface area (Å²) in [5.41, 5.74) is 1.07. The van der Waals surface area contributed by atoms with Crippen molar-refractivity contribution >= 4 is 7.26 Å². The predicted octanol–water partition coefficient (Wildman–Crippen LogP) is 4.66. The van der Waals surface area contributed by atoms with Crippen LogP contribution in [0, 0.1) is 0 Å². The van der Waals surface area contributed by atoms with Crippen molar-refractivity contribution < 1.29 is 0 Å². The van der Waals surface area contributed by atoms with Gasteiger partial charge in [-0.15, -0.1) is 0 Å². The first-order valence-electron chi connectivity index (χ1n) is 6.83. The molecule has 0 aromatic carbocycles. The van der Waals surface area contributed by atoms with Crippen molar-refractivity contribution in [1.82, 2.24) is 0 Å². The van der Waals surface area contributed by atoms with Gasteiger partial charge in [0.2, 0.25) is 0 Å². The molecule has 0 saturated carbocycles. The Kier molecular flexibility index (Phi) is 2.74. The van der Waals surface area contributed by atoms with Gasteiger partial charge in [-0.25, -0.2) is 0 Å². The molecule has 0 aliphatic carbocycles. The number of hydrogen-bond acceptors (Lipinski definition) is 0. The molecule has 2 aliphatic rings. The molecule has 0 aromatic heterocycles. The maximum absolute atomic E-state index is 2.65. The molecule has 0 nitrogen and oxygen atoms in total. The molecule has 2 aliphatic heterocycles. The van der Waals surface area contributed by atoms with E-state index in [0.29, 0.717) is 5.16 Å². The Bertz CT molecular complexity index is 253. The quantitative estimate of drug-likeness (QED) is 0.529. The first-order valence-corrected chi connectivity index (χ1v) is 9.12. The Labute approximate surface area is 96.6 Å². The van der Waals surface area contributed by atoms with Crippen molar-refractivity contribution in [3.05, 3.63) is 0 Å². The van der Waals surface area contributed by atoms with Gasteiger partial charge in [0.1, 0.15) is 0 Å². The van der Waals surface area contributed by atoms with E-state index in [1.165, 1.54) is 19.3 Å². The molecule has 0 N–H and O–H groups in total. The fraction of sp³-hybridized carbons (Fsp3) is 1.00. The van der Waals surface area contributed by atoms with Crippen LogP contribution in [0.15, 0.2) is 0 Å². The molecule has 0 bridgehead atoms. The van der Waals surface area contributed by atoms with E-state index < -0.39 is 7.26 Å². The topological polar surface area (TPSA) is 0 Å². The molecule has 1 heteroatoms. The molecule has 90 valence electrons. The van der Waals surface area contributed by atoms with Crippen molar-refractivity contribution in [3.63, 3.8) is 0 Å². The predicted molar refractivity (Wildman–Crippen MR) is 73.9 cm³/mol. The van der Waals surface area contributed by atoms with Gasteiger partial charge in [0.25, 0.3) is 0 Å². The van der Waals surface area contributed by atoms with Crippen LogP contribution in [0.1, 0.15) is 66.7 Å². The second-order valence-electron chi connectivity index (χ2n) is 7.43. The van der Waals surface area contributed by atoms with Crippen LogP contribution in [0.25, 0.3) is 0 Å². The van der Waals surface area contributed by atoms with Gasteiger partial charge in [-0.05, 0) is 0 Å². The Morgan fingerprint density at radius 3 is 2.27 bits per heavy atom. The molecule has 2 fully saturated rings. The van der Waals surface area contributed by atoms with E-state index in [1.54, 1.807) is 19.0 Å². The van der Waals surface area contributed by atoms with Gasteiger partial charge in [-0.1, -0.05) is 0 Å². The van der Waals surface area contributed by atoms with Crippen molar-refractivity contribution in [3.8, 4) is 0 Å². The van der Waals surface area contributed by atoms with Crippen molar-refractivity contribution in [2.24, 2.45) is 0 Å². The van der Waals surface area contributed by atoms with Crippen molar-refractivity contribution in [2.45, 2.75) is 82.7 Å². The molecular formula is C14H29P. The van der Waals surface area contributed by atoms with Gasteiger partial charge < -0.3 is 0 Å². The second kappa shape index (κ2) is 3.46. The second-order valence-corrected chi connectivity index (χ2v) is 13.6.